The van der Waals surface area contributed by atoms with Gasteiger partial charge in [-0.05, 0) is 68.1 Å². The number of nitriles is 1. The number of ether oxygens (including phenoxy) is 1. The number of fused-ring (bicyclic) bond motifs is 1. The van der Waals surface area contributed by atoms with E-state index in [0.717, 1.165) is 30.5 Å². The van der Waals surface area contributed by atoms with Gasteiger partial charge in [0.15, 0.2) is 12.3 Å². The fourth-order valence-electron chi connectivity index (χ4n) is 4.04. The molecule has 0 N–H and O–H groups in total. The maximum Gasteiger partial charge on any atom is 0.359 e. The lowest BCUT2D eigenvalue weighted by Crippen LogP contribution is -2.35. The number of rotatable bonds is 7. The second-order valence-corrected chi connectivity index (χ2v) is 8.32. The van der Waals surface area contributed by atoms with Crippen molar-refractivity contribution in [2.24, 2.45) is 0 Å². The molecule has 2 aromatic carbocycles. The van der Waals surface area contributed by atoms with Gasteiger partial charge in [-0.3, -0.25) is 4.79 Å². The van der Waals surface area contributed by atoms with Crippen molar-refractivity contribution in [2.75, 3.05) is 18.1 Å². The first kappa shape index (κ1) is 23.5. The summed E-state index contributed by atoms with van der Waals surface area (Å²) in [5.74, 6) is -1.53. The molecular weight excluding hydrogens is 459 g/mol. The van der Waals surface area contributed by atoms with Gasteiger partial charge in [0, 0.05) is 28.5 Å². The maximum atomic E-state index is 13.4. The highest BCUT2D eigenvalue weighted by atomic mass is 35.5. The summed E-state index contributed by atoms with van der Waals surface area (Å²) in [6.45, 7) is -0.364. The van der Waals surface area contributed by atoms with E-state index in [-0.39, 0.29) is 24.5 Å². The van der Waals surface area contributed by atoms with Crippen LogP contribution in [0.25, 0.3) is 5.69 Å². The van der Waals surface area contributed by atoms with E-state index in [1.54, 1.807) is 41.1 Å². The molecule has 0 fully saturated rings. The number of benzene rings is 2. The molecule has 1 aliphatic carbocycles. The summed E-state index contributed by atoms with van der Waals surface area (Å²) in [4.78, 5) is 27.2. The van der Waals surface area contributed by atoms with Crippen molar-refractivity contribution < 1.29 is 18.7 Å². The largest absolute Gasteiger partial charge is 0.451 e. The molecule has 0 saturated carbocycles. The number of carbonyl (C=O) groups is 2. The van der Waals surface area contributed by atoms with Gasteiger partial charge in [0.1, 0.15) is 5.82 Å². The van der Waals surface area contributed by atoms with Crippen molar-refractivity contribution in [3.05, 3.63) is 76.3 Å². The van der Waals surface area contributed by atoms with Gasteiger partial charge in [-0.15, -0.1) is 0 Å². The molecule has 0 aliphatic heterocycles. The number of nitrogens with zero attached hydrogens (tertiary/aromatic N) is 4. The van der Waals surface area contributed by atoms with E-state index < -0.39 is 18.5 Å². The molecule has 9 heteroatoms. The van der Waals surface area contributed by atoms with Crippen LogP contribution in [-0.4, -0.2) is 34.8 Å². The fourth-order valence-corrected chi connectivity index (χ4v) is 4.22. The lowest BCUT2D eigenvalue weighted by Gasteiger charge is -2.21. The van der Waals surface area contributed by atoms with Crippen molar-refractivity contribution in [1.29, 1.82) is 5.26 Å². The molecule has 3 aromatic rings. The molecule has 1 heterocycles. The molecule has 0 atom stereocenters. The molecule has 0 radical (unpaired) electrons. The van der Waals surface area contributed by atoms with Crippen LogP contribution in [0.1, 0.15) is 41.0 Å². The smallest absolute Gasteiger partial charge is 0.359 e. The predicted molar refractivity (Wildman–Crippen MR) is 124 cm³/mol. The van der Waals surface area contributed by atoms with E-state index in [1.807, 2.05) is 6.07 Å². The second kappa shape index (κ2) is 10.5. The van der Waals surface area contributed by atoms with Crippen LogP contribution in [0, 0.1) is 17.1 Å². The van der Waals surface area contributed by atoms with Gasteiger partial charge in [-0.1, -0.05) is 17.7 Å². The summed E-state index contributed by atoms with van der Waals surface area (Å²) in [5, 5.41) is 13.9. The van der Waals surface area contributed by atoms with E-state index in [2.05, 4.69) is 5.10 Å². The highest BCUT2D eigenvalue weighted by Gasteiger charge is 2.27. The topological polar surface area (TPSA) is 88.2 Å². The fraction of sp³-hybridized carbons (Fsp3) is 0.280. The molecule has 1 aromatic heterocycles. The number of anilines is 1. The van der Waals surface area contributed by atoms with Crippen molar-refractivity contribution in [2.45, 2.75) is 32.1 Å². The number of aromatic nitrogens is 2. The first-order valence-corrected chi connectivity index (χ1v) is 11.3. The molecule has 1 aliphatic rings. The molecule has 0 bridgehead atoms. The van der Waals surface area contributed by atoms with Gasteiger partial charge in [-0.2, -0.15) is 10.4 Å². The van der Waals surface area contributed by atoms with Gasteiger partial charge in [-0.25, -0.2) is 13.9 Å². The second-order valence-electron chi connectivity index (χ2n) is 7.88. The quantitative estimate of drug-likeness (QED) is 0.459. The Morgan fingerprint density at radius 3 is 2.68 bits per heavy atom. The highest BCUT2D eigenvalue weighted by molar-refractivity contribution is 6.30. The lowest BCUT2D eigenvalue weighted by molar-refractivity contribution is -0.121. The maximum absolute atomic E-state index is 13.4. The van der Waals surface area contributed by atoms with Crippen LogP contribution in [0.5, 0.6) is 0 Å². The number of hydrogen-bond acceptors (Lipinski definition) is 5. The Hall–Kier alpha value is -3.70. The van der Waals surface area contributed by atoms with E-state index in [0.29, 0.717) is 22.8 Å². The Morgan fingerprint density at radius 1 is 1.18 bits per heavy atom. The van der Waals surface area contributed by atoms with Crippen LogP contribution >= 0.6 is 11.6 Å². The Morgan fingerprint density at radius 2 is 1.94 bits per heavy atom. The third-order valence-electron chi connectivity index (χ3n) is 5.64. The minimum atomic E-state index is -0.696. The van der Waals surface area contributed by atoms with Crippen molar-refractivity contribution >= 4 is 29.2 Å². The monoisotopic (exact) mass is 480 g/mol. The van der Waals surface area contributed by atoms with Crippen LogP contribution in [0.4, 0.5) is 10.1 Å². The number of carbonyl (C=O) groups excluding carboxylic acids is 2. The minimum absolute atomic E-state index is 0.113. The minimum Gasteiger partial charge on any atom is -0.451 e. The molecule has 0 unspecified atom stereocenters. The van der Waals surface area contributed by atoms with Gasteiger partial charge in [0.05, 0.1) is 18.2 Å². The van der Waals surface area contributed by atoms with Crippen LogP contribution < -0.4 is 4.90 Å². The normalized spacial score (nSPS) is 12.5. The summed E-state index contributed by atoms with van der Waals surface area (Å²) in [5.41, 5.74) is 3.02. The average molecular weight is 481 g/mol. The number of halogens is 2. The average Bonchev–Trinajstić information content (AvgIpc) is 3.23. The molecule has 0 spiro atoms. The van der Waals surface area contributed by atoms with Gasteiger partial charge >= 0.3 is 5.97 Å². The van der Waals surface area contributed by atoms with Crippen molar-refractivity contribution in [3.8, 4) is 11.8 Å². The number of amides is 1. The molecular formula is C25H22ClFN4O3. The first-order chi connectivity index (χ1) is 16.5. The van der Waals surface area contributed by atoms with E-state index in [4.69, 9.17) is 21.6 Å². The zero-order valence-electron chi connectivity index (χ0n) is 18.3. The third kappa shape index (κ3) is 5.10. The Bertz CT molecular complexity index is 1250. The van der Waals surface area contributed by atoms with Crippen LogP contribution in [0.3, 0.4) is 0 Å². The van der Waals surface area contributed by atoms with Crippen molar-refractivity contribution in [1.82, 2.24) is 9.78 Å². The molecule has 0 saturated heterocycles. The molecule has 34 heavy (non-hydrogen) atoms. The van der Waals surface area contributed by atoms with E-state index in [9.17, 15) is 14.0 Å². The Balaban J connectivity index is 1.53. The van der Waals surface area contributed by atoms with Crippen LogP contribution in [0.2, 0.25) is 5.02 Å². The van der Waals surface area contributed by atoms with E-state index >= 15 is 0 Å². The van der Waals surface area contributed by atoms with Gasteiger partial charge in [0.2, 0.25) is 0 Å². The third-order valence-corrected chi connectivity index (χ3v) is 5.87. The van der Waals surface area contributed by atoms with Crippen LogP contribution in [-0.2, 0) is 22.4 Å². The summed E-state index contributed by atoms with van der Waals surface area (Å²) >= 11 is 6.04. The standard InChI is InChI=1S/C25H22ClFN4O3/c26-17-5-3-6-20(15-17)30(14-4-13-28)23(32)16-34-25(33)24-21-7-1-2-8-22(21)31(29-24)19-11-9-18(27)10-12-19/h3,5-6,9-12,15H,1-2,4,7-8,14,16H2. The Kier molecular flexibility index (Phi) is 7.24. The highest BCUT2D eigenvalue weighted by Crippen LogP contribution is 2.28. The molecule has 174 valence electrons. The summed E-state index contributed by atoms with van der Waals surface area (Å²) in [7, 11) is 0. The molecule has 7 nitrogen and oxygen atoms in total. The van der Waals surface area contributed by atoms with Crippen molar-refractivity contribution in [3.63, 3.8) is 0 Å². The number of hydrogen-bond donors (Lipinski definition) is 0. The van der Waals surface area contributed by atoms with Crippen LogP contribution in [0.15, 0.2) is 48.5 Å². The molecule has 4 rings (SSSR count). The Labute approximate surface area is 201 Å². The molecule has 1 amide bonds. The first-order valence-electron chi connectivity index (χ1n) is 10.9. The zero-order chi connectivity index (χ0) is 24.1. The summed E-state index contributed by atoms with van der Waals surface area (Å²) in [6, 6.07) is 14.6. The zero-order valence-corrected chi connectivity index (χ0v) is 19.1. The summed E-state index contributed by atoms with van der Waals surface area (Å²) in [6.07, 6.45) is 3.40. The summed E-state index contributed by atoms with van der Waals surface area (Å²) < 4.78 is 20.4. The lowest BCUT2D eigenvalue weighted by atomic mass is 9.95. The van der Waals surface area contributed by atoms with Gasteiger partial charge in [0.25, 0.3) is 5.91 Å². The number of esters is 1. The predicted octanol–water partition coefficient (Wildman–Crippen LogP) is 4.65. The SMILES string of the molecule is N#CCCN(C(=O)COC(=O)c1nn(-c2ccc(F)cc2)c2c1CCCC2)c1cccc(Cl)c1. The van der Waals surface area contributed by atoms with E-state index in [1.165, 1.54) is 17.0 Å². The van der Waals surface area contributed by atoms with Gasteiger partial charge < -0.3 is 9.64 Å².